The van der Waals surface area contributed by atoms with E-state index in [2.05, 4.69) is 58.9 Å². The molecule has 24 heavy (non-hydrogen) atoms. The van der Waals surface area contributed by atoms with Crippen LogP contribution < -0.4 is 0 Å². The Morgan fingerprint density at radius 2 is 2.12 bits per heavy atom. The van der Waals surface area contributed by atoms with Gasteiger partial charge in [0.25, 0.3) is 0 Å². The maximum Gasteiger partial charge on any atom is 0.0736 e. The van der Waals surface area contributed by atoms with Crippen LogP contribution in [0.2, 0.25) is 0 Å². The van der Waals surface area contributed by atoms with Crippen molar-refractivity contribution in [3.63, 3.8) is 0 Å². The summed E-state index contributed by atoms with van der Waals surface area (Å²) in [5, 5.41) is 0. The smallest absolute Gasteiger partial charge is 0.0736 e. The lowest BCUT2D eigenvalue weighted by atomic mass is 9.92. The van der Waals surface area contributed by atoms with Gasteiger partial charge in [0.05, 0.1) is 12.7 Å². The molecule has 0 aliphatic carbocycles. The molecule has 0 saturated carbocycles. The lowest BCUT2D eigenvalue weighted by molar-refractivity contribution is 0.0263. The first-order valence-corrected chi connectivity index (χ1v) is 9.62. The summed E-state index contributed by atoms with van der Waals surface area (Å²) in [6, 6.07) is 12.9. The van der Waals surface area contributed by atoms with E-state index in [0.717, 1.165) is 17.9 Å². The van der Waals surface area contributed by atoms with E-state index >= 15 is 0 Å². The van der Waals surface area contributed by atoms with Crippen LogP contribution in [0.1, 0.15) is 23.1 Å². The first-order valence-electron chi connectivity index (χ1n) is 8.63. The SMILES string of the molecule is Cc1cccc(CN2CC3(CC(OCc4cccnc4)CS3)C2)c1. The highest BCUT2D eigenvalue weighted by Gasteiger charge is 2.49. The fourth-order valence-electron chi connectivity index (χ4n) is 3.78. The van der Waals surface area contributed by atoms with Crippen molar-refractivity contribution in [2.75, 3.05) is 18.8 Å². The zero-order valence-electron chi connectivity index (χ0n) is 14.1. The van der Waals surface area contributed by atoms with Gasteiger partial charge in [0.1, 0.15) is 0 Å². The molecule has 2 aliphatic rings. The van der Waals surface area contributed by atoms with E-state index in [9.17, 15) is 0 Å². The highest BCUT2D eigenvalue weighted by atomic mass is 32.2. The van der Waals surface area contributed by atoms with Crippen molar-refractivity contribution in [2.24, 2.45) is 0 Å². The lowest BCUT2D eigenvalue weighted by Gasteiger charge is -2.47. The number of pyridine rings is 1. The third-order valence-electron chi connectivity index (χ3n) is 4.90. The molecule has 1 aromatic carbocycles. The second kappa shape index (κ2) is 6.87. The summed E-state index contributed by atoms with van der Waals surface area (Å²) in [5.41, 5.74) is 3.94. The molecule has 0 bridgehead atoms. The minimum atomic E-state index is 0.385. The Kier molecular flexibility index (Phi) is 4.61. The van der Waals surface area contributed by atoms with Gasteiger partial charge in [0.15, 0.2) is 0 Å². The van der Waals surface area contributed by atoms with Gasteiger partial charge in [0, 0.05) is 42.5 Å². The van der Waals surface area contributed by atoms with Crippen molar-refractivity contribution in [1.29, 1.82) is 0 Å². The fraction of sp³-hybridized carbons (Fsp3) is 0.450. The van der Waals surface area contributed by atoms with Crippen molar-refractivity contribution in [2.45, 2.75) is 37.3 Å². The topological polar surface area (TPSA) is 25.4 Å². The van der Waals surface area contributed by atoms with Crippen LogP contribution in [0.3, 0.4) is 0 Å². The quantitative estimate of drug-likeness (QED) is 0.829. The molecular formula is C20H24N2OS. The first-order chi connectivity index (χ1) is 11.7. The Balaban J connectivity index is 1.24. The normalized spacial score (nSPS) is 22.6. The third-order valence-corrected chi connectivity index (χ3v) is 6.47. The summed E-state index contributed by atoms with van der Waals surface area (Å²) >= 11 is 2.11. The summed E-state index contributed by atoms with van der Waals surface area (Å²) in [6.07, 6.45) is 5.27. The number of rotatable bonds is 5. The number of aromatic nitrogens is 1. The van der Waals surface area contributed by atoms with Gasteiger partial charge in [-0.1, -0.05) is 35.9 Å². The number of thioether (sulfide) groups is 1. The van der Waals surface area contributed by atoms with E-state index in [-0.39, 0.29) is 0 Å². The Morgan fingerprint density at radius 1 is 1.25 bits per heavy atom. The summed E-state index contributed by atoms with van der Waals surface area (Å²) in [7, 11) is 0. The molecular weight excluding hydrogens is 316 g/mol. The van der Waals surface area contributed by atoms with Gasteiger partial charge in [-0.3, -0.25) is 9.88 Å². The van der Waals surface area contributed by atoms with Crippen LogP contribution in [0.25, 0.3) is 0 Å². The number of hydrogen-bond donors (Lipinski definition) is 0. The van der Waals surface area contributed by atoms with Gasteiger partial charge in [0.2, 0.25) is 0 Å². The molecule has 4 heteroatoms. The van der Waals surface area contributed by atoms with Gasteiger partial charge in [-0.2, -0.15) is 0 Å². The fourth-order valence-corrected chi connectivity index (χ4v) is 5.38. The first kappa shape index (κ1) is 16.1. The molecule has 4 rings (SSSR count). The molecule has 0 N–H and O–H groups in total. The summed E-state index contributed by atoms with van der Waals surface area (Å²) in [5.74, 6) is 1.12. The Bertz CT molecular complexity index is 685. The predicted molar refractivity (Wildman–Crippen MR) is 99.1 cm³/mol. The average molecular weight is 340 g/mol. The van der Waals surface area contributed by atoms with E-state index in [1.165, 1.54) is 30.6 Å². The van der Waals surface area contributed by atoms with Gasteiger partial charge >= 0.3 is 0 Å². The monoisotopic (exact) mass is 340 g/mol. The molecule has 3 heterocycles. The predicted octanol–water partition coefficient (Wildman–Crippen LogP) is 3.67. The molecule has 0 amide bonds. The molecule has 1 spiro atoms. The van der Waals surface area contributed by atoms with E-state index in [1.807, 2.05) is 12.3 Å². The number of nitrogens with zero attached hydrogens (tertiary/aromatic N) is 2. The van der Waals surface area contributed by atoms with Crippen molar-refractivity contribution < 1.29 is 4.74 Å². The van der Waals surface area contributed by atoms with Crippen LogP contribution in [0.4, 0.5) is 0 Å². The minimum Gasteiger partial charge on any atom is -0.373 e. The highest BCUT2D eigenvalue weighted by molar-refractivity contribution is 8.01. The van der Waals surface area contributed by atoms with Crippen LogP contribution in [-0.2, 0) is 17.9 Å². The second-order valence-electron chi connectivity index (χ2n) is 7.13. The maximum atomic E-state index is 6.11. The van der Waals surface area contributed by atoms with Crippen molar-refractivity contribution in [1.82, 2.24) is 9.88 Å². The zero-order valence-corrected chi connectivity index (χ0v) is 15.0. The summed E-state index contributed by atoms with van der Waals surface area (Å²) in [6.45, 7) is 6.31. The zero-order chi connectivity index (χ0) is 16.4. The van der Waals surface area contributed by atoms with Crippen LogP contribution in [0.15, 0.2) is 48.8 Å². The third kappa shape index (κ3) is 3.66. The molecule has 2 saturated heterocycles. The van der Waals surface area contributed by atoms with Crippen LogP contribution in [-0.4, -0.2) is 39.6 Å². The van der Waals surface area contributed by atoms with E-state index in [1.54, 1.807) is 6.20 Å². The summed E-state index contributed by atoms with van der Waals surface area (Å²) in [4.78, 5) is 6.71. The van der Waals surface area contributed by atoms with E-state index in [4.69, 9.17) is 4.74 Å². The molecule has 3 nitrogen and oxygen atoms in total. The number of hydrogen-bond acceptors (Lipinski definition) is 4. The lowest BCUT2D eigenvalue weighted by Crippen LogP contribution is -2.58. The molecule has 2 aliphatic heterocycles. The number of aryl methyl sites for hydroxylation is 1. The van der Waals surface area contributed by atoms with E-state index in [0.29, 0.717) is 17.5 Å². The van der Waals surface area contributed by atoms with Crippen molar-refractivity contribution >= 4 is 11.8 Å². The molecule has 2 fully saturated rings. The molecule has 126 valence electrons. The Hall–Kier alpha value is -1.36. The largest absolute Gasteiger partial charge is 0.373 e. The number of likely N-dealkylation sites (tertiary alicyclic amines) is 1. The molecule has 1 unspecified atom stereocenters. The molecule has 1 aromatic heterocycles. The van der Waals surface area contributed by atoms with E-state index < -0.39 is 0 Å². The average Bonchev–Trinajstić information content (AvgIpc) is 2.98. The van der Waals surface area contributed by atoms with Crippen LogP contribution in [0.5, 0.6) is 0 Å². The minimum absolute atomic E-state index is 0.385. The molecule has 0 radical (unpaired) electrons. The number of benzene rings is 1. The Labute approximate surface area is 148 Å². The number of ether oxygens (including phenoxy) is 1. The van der Waals surface area contributed by atoms with Gasteiger partial charge < -0.3 is 4.74 Å². The summed E-state index contributed by atoms with van der Waals surface area (Å²) < 4.78 is 6.54. The van der Waals surface area contributed by atoms with Crippen LogP contribution >= 0.6 is 11.8 Å². The van der Waals surface area contributed by atoms with Crippen LogP contribution in [0, 0.1) is 6.92 Å². The second-order valence-corrected chi connectivity index (χ2v) is 8.61. The van der Waals surface area contributed by atoms with Gasteiger partial charge in [-0.05, 0) is 30.5 Å². The highest BCUT2D eigenvalue weighted by Crippen LogP contribution is 2.46. The standard InChI is InChI=1S/C20H24N2OS/c1-16-4-2-5-17(8-16)11-22-14-20(15-22)9-19(13-24-20)23-12-18-6-3-7-21-10-18/h2-8,10,19H,9,11-15H2,1H3. The molecule has 1 atom stereocenters. The van der Waals surface area contributed by atoms with Crippen molar-refractivity contribution in [3.05, 3.63) is 65.5 Å². The van der Waals surface area contributed by atoms with Gasteiger partial charge in [-0.15, -0.1) is 11.8 Å². The van der Waals surface area contributed by atoms with Crippen molar-refractivity contribution in [3.8, 4) is 0 Å². The maximum absolute atomic E-state index is 6.11. The Morgan fingerprint density at radius 3 is 2.92 bits per heavy atom. The van der Waals surface area contributed by atoms with Gasteiger partial charge in [-0.25, -0.2) is 0 Å². The molecule has 2 aromatic rings.